The van der Waals surface area contributed by atoms with Crippen LogP contribution in [0.4, 0.5) is 14.7 Å². The molecular formula is C28H32F2N6O2S. The van der Waals surface area contributed by atoms with E-state index < -0.39 is 26.9 Å². The molecule has 6 rings (SSSR count). The molecule has 2 bridgehead atoms. The Bertz CT molecular complexity index is 1520. The van der Waals surface area contributed by atoms with E-state index in [1.807, 2.05) is 12.1 Å². The number of nitrogens with zero attached hydrogens (tertiary/aromatic N) is 6. The molecule has 2 aromatic heterocycles. The molecule has 206 valence electrons. The first-order chi connectivity index (χ1) is 18.5. The average molecular weight is 555 g/mol. The Kier molecular flexibility index (Phi) is 6.22. The molecule has 8 nitrogen and oxygen atoms in total. The van der Waals surface area contributed by atoms with Crippen molar-refractivity contribution < 1.29 is 17.2 Å². The predicted octanol–water partition coefficient (Wildman–Crippen LogP) is 3.58. The van der Waals surface area contributed by atoms with Gasteiger partial charge in [0.1, 0.15) is 21.5 Å². The molecule has 2 fully saturated rings. The molecule has 39 heavy (non-hydrogen) atoms. The number of anilines is 1. The van der Waals surface area contributed by atoms with Gasteiger partial charge in [-0.1, -0.05) is 19.9 Å². The van der Waals surface area contributed by atoms with Gasteiger partial charge in [-0.2, -0.15) is 5.10 Å². The van der Waals surface area contributed by atoms with Crippen molar-refractivity contribution in [2.75, 3.05) is 49.6 Å². The lowest BCUT2D eigenvalue weighted by atomic mass is 9.66. The first-order valence-electron chi connectivity index (χ1n) is 13.3. The second-order valence-electron chi connectivity index (χ2n) is 11.5. The lowest BCUT2D eigenvalue weighted by molar-refractivity contribution is 0.242. The number of fused-ring (bicyclic) bond motifs is 5. The number of hydrogen-bond acceptors (Lipinski definition) is 8. The highest BCUT2D eigenvalue weighted by atomic mass is 32.2. The fraction of sp³-hybridized carbons (Fsp3) is 0.500. The number of halogens is 2. The lowest BCUT2D eigenvalue weighted by Crippen LogP contribution is -2.48. The van der Waals surface area contributed by atoms with Crippen LogP contribution in [-0.4, -0.2) is 78.2 Å². The molecule has 3 heterocycles. The number of benzene rings is 1. The van der Waals surface area contributed by atoms with Gasteiger partial charge in [0.15, 0.2) is 0 Å². The zero-order chi connectivity index (χ0) is 27.6. The van der Waals surface area contributed by atoms with Gasteiger partial charge in [-0.3, -0.25) is 4.90 Å². The third kappa shape index (κ3) is 4.21. The highest BCUT2D eigenvalue weighted by molar-refractivity contribution is 7.90. The van der Waals surface area contributed by atoms with E-state index in [9.17, 15) is 17.2 Å². The van der Waals surface area contributed by atoms with Crippen molar-refractivity contribution in [3.8, 4) is 11.3 Å². The summed E-state index contributed by atoms with van der Waals surface area (Å²) in [5.41, 5.74) is 2.05. The Morgan fingerprint density at radius 3 is 2.46 bits per heavy atom. The Morgan fingerprint density at radius 2 is 1.77 bits per heavy atom. The predicted molar refractivity (Wildman–Crippen MR) is 144 cm³/mol. The molecule has 3 aliphatic rings. The van der Waals surface area contributed by atoms with Crippen LogP contribution in [-0.2, 0) is 15.3 Å². The van der Waals surface area contributed by atoms with Crippen LogP contribution in [0.25, 0.3) is 11.3 Å². The van der Waals surface area contributed by atoms with E-state index in [0.29, 0.717) is 25.6 Å². The third-order valence-corrected chi connectivity index (χ3v) is 10.0. The fourth-order valence-electron chi connectivity index (χ4n) is 6.96. The summed E-state index contributed by atoms with van der Waals surface area (Å²) in [6.45, 7) is 7.87. The minimum Gasteiger partial charge on any atom is -0.338 e. The average Bonchev–Trinajstić information content (AvgIpc) is 3.28. The summed E-state index contributed by atoms with van der Waals surface area (Å²) in [6, 6.07) is 7.58. The summed E-state index contributed by atoms with van der Waals surface area (Å²) in [7, 11) is -3.00. The van der Waals surface area contributed by atoms with Crippen molar-refractivity contribution in [2.45, 2.75) is 38.0 Å². The molecule has 2 atom stereocenters. The minimum atomic E-state index is -3.00. The Morgan fingerprint density at radius 1 is 1.05 bits per heavy atom. The van der Waals surface area contributed by atoms with Crippen LogP contribution in [0.15, 0.2) is 36.5 Å². The summed E-state index contributed by atoms with van der Waals surface area (Å²) in [5, 5.41) is 8.94. The van der Waals surface area contributed by atoms with Crippen molar-refractivity contribution in [2.24, 2.45) is 5.41 Å². The number of aromatic nitrogens is 4. The zero-order valence-electron chi connectivity index (χ0n) is 22.4. The van der Waals surface area contributed by atoms with E-state index in [-0.39, 0.29) is 28.3 Å². The largest absolute Gasteiger partial charge is 0.338 e. The van der Waals surface area contributed by atoms with Gasteiger partial charge >= 0.3 is 0 Å². The second kappa shape index (κ2) is 9.26. The molecule has 0 radical (unpaired) electrons. The fourth-order valence-corrected chi connectivity index (χ4v) is 7.55. The molecule has 1 saturated heterocycles. The van der Waals surface area contributed by atoms with E-state index in [1.54, 1.807) is 6.20 Å². The van der Waals surface area contributed by atoms with Crippen molar-refractivity contribution in [3.63, 3.8) is 0 Å². The van der Waals surface area contributed by atoms with Gasteiger partial charge in [-0.05, 0) is 54.0 Å². The first kappa shape index (κ1) is 26.2. The molecule has 0 amide bonds. The highest BCUT2D eigenvalue weighted by Crippen LogP contribution is 2.69. The summed E-state index contributed by atoms with van der Waals surface area (Å²) in [5.74, 6) is -0.344. The maximum absolute atomic E-state index is 14.5. The quantitative estimate of drug-likeness (QED) is 0.457. The van der Waals surface area contributed by atoms with Gasteiger partial charge in [0.25, 0.3) is 0 Å². The van der Waals surface area contributed by atoms with Crippen LogP contribution in [0.5, 0.6) is 0 Å². The zero-order valence-corrected chi connectivity index (χ0v) is 23.2. The number of piperazine rings is 1. The standard InChI is InChI=1S/C28H32F2N6O2S/c1-27(2)19-7-9-28(27,25-18(19)17-22(33-34-25)24-20(29)5-4-6-21(24)30)23-8-10-31-26(32-23)36-13-11-35(12-14-36)15-16-39(3,37)38/h4-6,8,10,17,19H,7,9,11-16H2,1-3H3. The summed E-state index contributed by atoms with van der Waals surface area (Å²) in [6.07, 6.45) is 4.83. The molecule has 1 aromatic carbocycles. The Labute approximate surface area is 227 Å². The molecule has 0 spiro atoms. The van der Waals surface area contributed by atoms with E-state index in [2.05, 4.69) is 38.8 Å². The third-order valence-electron chi connectivity index (χ3n) is 9.11. The lowest BCUT2D eigenvalue weighted by Gasteiger charge is -2.38. The van der Waals surface area contributed by atoms with Crippen molar-refractivity contribution in [1.82, 2.24) is 25.1 Å². The number of sulfone groups is 1. The Balaban J connectivity index is 1.32. The van der Waals surface area contributed by atoms with Crippen LogP contribution in [0.1, 0.15) is 49.6 Å². The first-order valence-corrected chi connectivity index (χ1v) is 15.4. The van der Waals surface area contributed by atoms with Crippen LogP contribution >= 0.6 is 0 Å². The molecule has 2 aliphatic carbocycles. The summed E-state index contributed by atoms with van der Waals surface area (Å²) < 4.78 is 52.2. The van der Waals surface area contributed by atoms with Gasteiger partial charge in [0.05, 0.1) is 33.8 Å². The normalized spacial score (nSPS) is 24.2. The van der Waals surface area contributed by atoms with Crippen LogP contribution in [0, 0.1) is 17.0 Å². The van der Waals surface area contributed by atoms with E-state index in [1.165, 1.54) is 24.5 Å². The maximum Gasteiger partial charge on any atom is 0.225 e. The molecular weight excluding hydrogens is 522 g/mol. The van der Waals surface area contributed by atoms with Crippen molar-refractivity contribution in [3.05, 3.63) is 65.1 Å². The summed E-state index contributed by atoms with van der Waals surface area (Å²) in [4.78, 5) is 14.0. The van der Waals surface area contributed by atoms with Gasteiger partial charge in [-0.15, -0.1) is 5.10 Å². The van der Waals surface area contributed by atoms with Crippen molar-refractivity contribution in [1.29, 1.82) is 0 Å². The van der Waals surface area contributed by atoms with Crippen molar-refractivity contribution >= 4 is 15.8 Å². The van der Waals surface area contributed by atoms with Crippen LogP contribution in [0.3, 0.4) is 0 Å². The Hall–Kier alpha value is -3.05. The molecule has 2 unspecified atom stereocenters. The maximum atomic E-state index is 14.5. The van der Waals surface area contributed by atoms with E-state index in [4.69, 9.17) is 4.98 Å². The van der Waals surface area contributed by atoms with E-state index in [0.717, 1.165) is 42.9 Å². The molecule has 1 saturated carbocycles. The number of hydrogen-bond donors (Lipinski definition) is 0. The molecule has 0 N–H and O–H groups in total. The molecule has 1 aliphatic heterocycles. The van der Waals surface area contributed by atoms with Gasteiger partial charge in [0.2, 0.25) is 5.95 Å². The minimum absolute atomic E-state index is 0.151. The molecule has 11 heteroatoms. The smallest absolute Gasteiger partial charge is 0.225 e. The second-order valence-corrected chi connectivity index (χ2v) is 13.8. The SMILES string of the molecule is CC1(C)C2CCC1(c1ccnc(N3CCN(CCS(C)(=O)=O)CC3)n1)c1nnc(-c3c(F)cccc3F)cc12. The monoisotopic (exact) mass is 554 g/mol. The van der Waals surface area contributed by atoms with Gasteiger partial charge < -0.3 is 4.90 Å². The van der Waals surface area contributed by atoms with Gasteiger partial charge in [0, 0.05) is 45.2 Å². The number of rotatable bonds is 6. The summed E-state index contributed by atoms with van der Waals surface area (Å²) >= 11 is 0. The van der Waals surface area contributed by atoms with Crippen LogP contribution < -0.4 is 4.90 Å². The van der Waals surface area contributed by atoms with Gasteiger partial charge in [-0.25, -0.2) is 27.2 Å². The van der Waals surface area contributed by atoms with Crippen LogP contribution in [0.2, 0.25) is 0 Å². The molecule has 3 aromatic rings. The highest BCUT2D eigenvalue weighted by Gasteiger charge is 2.65. The topological polar surface area (TPSA) is 92.2 Å². The van der Waals surface area contributed by atoms with E-state index >= 15 is 0 Å².